The van der Waals surface area contributed by atoms with Gasteiger partial charge in [-0.2, -0.15) is 0 Å². The van der Waals surface area contributed by atoms with Gasteiger partial charge in [0.05, 0.1) is 4.92 Å². The molecule has 0 heterocycles. The molecular formula is C12H15NO2. The van der Waals surface area contributed by atoms with E-state index >= 15 is 0 Å². The van der Waals surface area contributed by atoms with Crippen LogP contribution < -0.4 is 0 Å². The lowest BCUT2D eigenvalue weighted by molar-refractivity contribution is -0.385. The summed E-state index contributed by atoms with van der Waals surface area (Å²) in [5.74, 6) is 0. The molecule has 0 fully saturated rings. The van der Waals surface area contributed by atoms with Crippen molar-refractivity contribution in [3.05, 3.63) is 45.0 Å². The number of hydrogen-bond acceptors (Lipinski definition) is 2. The molecule has 80 valence electrons. The van der Waals surface area contributed by atoms with Crippen LogP contribution >= 0.6 is 0 Å². The first-order valence-corrected chi connectivity index (χ1v) is 4.87. The van der Waals surface area contributed by atoms with E-state index in [1.54, 1.807) is 13.0 Å². The van der Waals surface area contributed by atoms with Crippen molar-refractivity contribution in [2.45, 2.75) is 27.7 Å². The molecule has 0 spiro atoms. The summed E-state index contributed by atoms with van der Waals surface area (Å²) >= 11 is 0. The molecule has 0 aliphatic rings. The minimum atomic E-state index is -0.336. The fourth-order valence-corrected chi connectivity index (χ4v) is 1.59. The summed E-state index contributed by atoms with van der Waals surface area (Å²) in [4.78, 5) is 10.4. The Morgan fingerprint density at radius 3 is 2.40 bits per heavy atom. The molecule has 0 aromatic heterocycles. The van der Waals surface area contributed by atoms with Crippen molar-refractivity contribution >= 4 is 11.3 Å². The van der Waals surface area contributed by atoms with Gasteiger partial charge in [0.25, 0.3) is 5.69 Å². The molecule has 15 heavy (non-hydrogen) atoms. The van der Waals surface area contributed by atoms with Crippen molar-refractivity contribution in [3.63, 3.8) is 0 Å². The summed E-state index contributed by atoms with van der Waals surface area (Å²) in [5, 5.41) is 10.7. The zero-order valence-corrected chi connectivity index (χ0v) is 9.50. The minimum absolute atomic E-state index is 0.195. The second kappa shape index (κ2) is 4.26. The highest BCUT2D eigenvalue weighted by atomic mass is 16.6. The summed E-state index contributed by atoms with van der Waals surface area (Å²) in [6, 6.07) is 3.39. The number of nitrogens with zero attached hydrogens (tertiary/aromatic N) is 1. The third-order valence-electron chi connectivity index (χ3n) is 2.81. The Balaban J connectivity index is 3.40. The highest BCUT2D eigenvalue weighted by molar-refractivity contribution is 5.69. The van der Waals surface area contributed by atoms with Crippen molar-refractivity contribution in [1.82, 2.24) is 0 Å². The van der Waals surface area contributed by atoms with Crippen LogP contribution in [0, 0.1) is 24.0 Å². The molecule has 0 amide bonds. The summed E-state index contributed by atoms with van der Waals surface area (Å²) in [5.41, 5.74) is 4.16. The first-order valence-electron chi connectivity index (χ1n) is 4.87. The van der Waals surface area contributed by atoms with Crippen LogP contribution in [0.1, 0.15) is 30.5 Å². The maximum Gasteiger partial charge on any atom is 0.272 e. The molecule has 1 rings (SSSR count). The van der Waals surface area contributed by atoms with E-state index in [1.165, 1.54) is 0 Å². The van der Waals surface area contributed by atoms with Crippen molar-refractivity contribution in [1.29, 1.82) is 0 Å². The predicted octanol–water partition coefficient (Wildman–Crippen LogP) is 3.63. The second-order valence-electron chi connectivity index (χ2n) is 3.61. The van der Waals surface area contributed by atoms with Gasteiger partial charge in [-0.15, -0.1) is 0 Å². The SMILES string of the molecule is CC=C(C)c1ccc([N+](=O)[O-])c(C)c1C. The van der Waals surface area contributed by atoms with Crippen LogP contribution in [0.3, 0.4) is 0 Å². The Kier molecular flexibility index (Phi) is 3.24. The van der Waals surface area contributed by atoms with Crippen molar-refractivity contribution in [2.75, 3.05) is 0 Å². The Labute approximate surface area is 89.6 Å². The molecule has 0 radical (unpaired) electrons. The van der Waals surface area contributed by atoms with E-state index in [4.69, 9.17) is 0 Å². The number of benzene rings is 1. The lowest BCUT2D eigenvalue weighted by Gasteiger charge is -2.09. The topological polar surface area (TPSA) is 43.1 Å². The lowest BCUT2D eigenvalue weighted by atomic mass is 9.96. The average molecular weight is 205 g/mol. The second-order valence-corrected chi connectivity index (χ2v) is 3.61. The largest absolute Gasteiger partial charge is 0.272 e. The van der Waals surface area contributed by atoms with E-state index < -0.39 is 0 Å². The molecule has 3 heteroatoms. The van der Waals surface area contributed by atoms with Gasteiger partial charge in [-0.1, -0.05) is 6.08 Å². The molecule has 0 bridgehead atoms. The molecule has 0 atom stereocenters. The molecular weight excluding hydrogens is 190 g/mol. The molecule has 0 aliphatic heterocycles. The number of nitro benzene ring substituents is 1. The van der Waals surface area contributed by atoms with Gasteiger partial charge in [0.15, 0.2) is 0 Å². The van der Waals surface area contributed by atoms with E-state index in [0.29, 0.717) is 0 Å². The van der Waals surface area contributed by atoms with Gasteiger partial charge in [0, 0.05) is 11.6 Å². The van der Waals surface area contributed by atoms with Crippen LogP contribution in [0.4, 0.5) is 5.69 Å². The van der Waals surface area contributed by atoms with Gasteiger partial charge in [-0.25, -0.2) is 0 Å². The van der Waals surface area contributed by atoms with Gasteiger partial charge < -0.3 is 0 Å². The van der Waals surface area contributed by atoms with Crippen LogP contribution in [-0.4, -0.2) is 4.92 Å². The Hall–Kier alpha value is -1.64. The maximum atomic E-state index is 10.7. The third-order valence-corrected chi connectivity index (χ3v) is 2.81. The first-order chi connectivity index (χ1) is 6.99. The first kappa shape index (κ1) is 11.4. The fraction of sp³-hybridized carbons (Fsp3) is 0.333. The van der Waals surface area contributed by atoms with Gasteiger partial charge in [0.1, 0.15) is 0 Å². The average Bonchev–Trinajstić information content (AvgIpc) is 2.20. The smallest absolute Gasteiger partial charge is 0.258 e. The molecule has 0 unspecified atom stereocenters. The Morgan fingerprint density at radius 1 is 1.33 bits per heavy atom. The molecule has 0 saturated heterocycles. The van der Waals surface area contributed by atoms with Gasteiger partial charge >= 0.3 is 0 Å². The van der Waals surface area contributed by atoms with Crippen LogP contribution in [0.25, 0.3) is 5.57 Å². The van der Waals surface area contributed by atoms with E-state index in [2.05, 4.69) is 0 Å². The monoisotopic (exact) mass is 205 g/mol. The molecule has 1 aromatic carbocycles. The number of allylic oxidation sites excluding steroid dienone is 2. The predicted molar refractivity (Wildman–Crippen MR) is 61.9 cm³/mol. The maximum absolute atomic E-state index is 10.7. The quantitative estimate of drug-likeness (QED) is 0.546. The summed E-state index contributed by atoms with van der Waals surface area (Å²) in [6.45, 7) is 7.68. The number of nitro groups is 1. The highest BCUT2D eigenvalue weighted by Gasteiger charge is 2.14. The zero-order chi connectivity index (χ0) is 11.6. The van der Waals surface area contributed by atoms with Crippen molar-refractivity contribution < 1.29 is 4.92 Å². The van der Waals surface area contributed by atoms with Gasteiger partial charge in [-0.05, 0) is 50.5 Å². The summed E-state index contributed by atoms with van der Waals surface area (Å²) in [7, 11) is 0. The standard InChI is InChI=1S/C12H15NO2/c1-5-8(2)11-6-7-12(13(14)15)10(4)9(11)3/h5-7H,1-4H3. The van der Waals surface area contributed by atoms with Gasteiger partial charge in [-0.3, -0.25) is 10.1 Å². The van der Waals surface area contributed by atoms with Crippen LogP contribution in [0.15, 0.2) is 18.2 Å². The minimum Gasteiger partial charge on any atom is -0.258 e. The van der Waals surface area contributed by atoms with E-state index in [1.807, 2.05) is 32.9 Å². The Bertz CT molecular complexity index is 433. The highest BCUT2D eigenvalue weighted by Crippen LogP contribution is 2.27. The van der Waals surface area contributed by atoms with Crippen LogP contribution in [-0.2, 0) is 0 Å². The lowest BCUT2D eigenvalue weighted by Crippen LogP contribution is -1.96. The summed E-state index contributed by atoms with van der Waals surface area (Å²) in [6.07, 6.45) is 2.01. The molecule has 0 aliphatic carbocycles. The normalized spacial score (nSPS) is 11.6. The molecule has 0 saturated carbocycles. The Morgan fingerprint density at radius 2 is 1.93 bits per heavy atom. The molecule has 3 nitrogen and oxygen atoms in total. The van der Waals surface area contributed by atoms with Crippen LogP contribution in [0.2, 0.25) is 0 Å². The van der Waals surface area contributed by atoms with Gasteiger partial charge in [0.2, 0.25) is 0 Å². The zero-order valence-electron chi connectivity index (χ0n) is 9.50. The number of rotatable bonds is 2. The molecule has 0 N–H and O–H groups in total. The van der Waals surface area contributed by atoms with Crippen LogP contribution in [0.5, 0.6) is 0 Å². The van der Waals surface area contributed by atoms with E-state index in [0.717, 1.165) is 22.3 Å². The van der Waals surface area contributed by atoms with E-state index in [9.17, 15) is 10.1 Å². The van der Waals surface area contributed by atoms with Crippen molar-refractivity contribution in [2.24, 2.45) is 0 Å². The fourth-order valence-electron chi connectivity index (χ4n) is 1.59. The molecule has 1 aromatic rings. The van der Waals surface area contributed by atoms with Crippen molar-refractivity contribution in [3.8, 4) is 0 Å². The van der Waals surface area contributed by atoms with E-state index in [-0.39, 0.29) is 10.6 Å². The number of hydrogen-bond donors (Lipinski definition) is 0. The third kappa shape index (κ3) is 2.06. The summed E-state index contributed by atoms with van der Waals surface area (Å²) < 4.78 is 0.